The third kappa shape index (κ3) is 3.52. The summed E-state index contributed by atoms with van der Waals surface area (Å²) in [7, 11) is 0. The Balaban J connectivity index is 1.48. The summed E-state index contributed by atoms with van der Waals surface area (Å²) in [4.78, 5) is 30.2. The molecule has 7 nitrogen and oxygen atoms in total. The fraction of sp³-hybridized carbons (Fsp3) is 0.0625. The summed E-state index contributed by atoms with van der Waals surface area (Å²) < 4.78 is 2.08. The Hall–Kier alpha value is -2.56. The van der Waals surface area contributed by atoms with Crippen LogP contribution in [0.5, 0.6) is 0 Å². The molecule has 0 aliphatic heterocycles. The number of carbonyl (C=O) groups is 1. The molecule has 0 unspecified atom stereocenters. The number of nitrogens with one attached hydrogen (secondary N) is 1. The molecule has 4 aromatic heterocycles. The molecule has 4 heterocycles. The van der Waals surface area contributed by atoms with Gasteiger partial charge in [-0.2, -0.15) is 0 Å². The molecular formula is C16H11N5O2S3. The zero-order chi connectivity index (χ0) is 17.9. The zero-order valence-electron chi connectivity index (χ0n) is 13.2. The van der Waals surface area contributed by atoms with Gasteiger partial charge in [-0.15, -0.1) is 21.5 Å². The van der Waals surface area contributed by atoms with Gasteiger partial charge in [0.1, 0.15) is 11.2 Å². The SMILES string of the molecule is O=C(Nc1nnc(SCc2cccs2)s1)c1cnc2ccccn2c1=O. The van der Waals surface area contributed by atoms with Gasteiger partial charge in [0.25, 0.3) is 11.5 Å². The molecule has 0 radical (unpaired) electrons. The van der Waals surface area contributed by atoms with Crippen molar-refractivity contribution >= 4 is 51.1 Å². The van der Waals surface area contributed by atoms with Crippen molar-refractivity contribution in [3.05, 3.63) is 68.9 Å². The Labute approximate surface area is 159 Å². The van der Waals surface area contributed by atoms with Gasteiger partial charge in [0, 0.05) is 23.0 Å². The van der Waals surface area contributed by atoms with Crippen LogP contribution in [-0.4, -0.2) is 25.5 Å². The Bertz CT molecular complexity index is 1120. The summed E-state index contributed by atoms with van der Waals surface area (Å²) >= 11 is 4.51. The van der Waals surface area contributed by atoms with Gasteiger partial charge in [0.05, 0.1) is 0 Å². The van der Waals surface area contributed by atoms with Crippen LogP contribution < -0.4 is 10.9 Å². The van der Waals surface area contributed by atoms with Crippen molar-refractivity contribution in [3.8, 4) is 0 Å². The molecule has 0 saturated carbocycles. The monoisotopic (exact) mass is 401 g/mol. The molecule has 26 heavy (non-hydrogen) atoms. The lowest BCUT2D eigenvalue weighted by Gasteiger charge is -2.03. The van der Waals surface area contributed by atoms with Crippen LogP contribution in [-0.2, 0) is 5.75 Å². The third-order valence-corrected chi connectivity index (χ3v) is 6.48. The molecule has 10 heteroatoms. The number of hydrogen-bond acceptors (Lipinski definition) is 8. The molecule has 4 aromatic rings. The van der Waals surface area contributed by atoms with Crippen molar-refractivity contribution < 1.29 is 4.79 Å². The van der Waals surface area contributed by atoms with E-state index in [1.807, 2.05) is 11.4 Å². The average Bonchev–Trinajstić information content (AvgIpc) is 3.32. The highest BCUT2D eigenvalue weighted by molar-refractivity contribution is 8.00. The molecular weight excluding hydrogens is 390 g/mol. The standard InChI is InChI=1S/C16H11N5O2S3/c22-13(11-8-17-12-5-1-2-6-21(12)14(11)23)18-15-19-20-16(26-15)25-9-10-4-3-7-24-10/h1-8H,9H2,(H,18,19,22). The Morgan fingerprint density at radius 1 is 1.23 bits per heavy atom. The highest BCUT2D eigenvalue weighted by Gasteiger charge is 2.15. The van der Waals surface area contributed by atoms with E-state index in [-0.39, 0.29) is 5.56 Å². The van der Waals surface area contributed by atoms with Crippen LogP contribution in [0, 0.1) is 0 Å². The highest BCUT2D eigenvalue weighted by Crippen LogP contribution is 2.29. The normalized spacial score (nSPS) is 10.9. The largest absolute Gasteiger partial charge is 0.296 e. The molecule has 130 valence electrons. The summed E-state index contributed by atoms with van der Waals surface area (Å²) in [6.07, 6.45) is 2.85. The van der Waals surface area contributed by atoms with Crippen molar-refractivity contribution in [3.63, 3.8) is 0 Å². The predicted octanol–water partition coefficient (Wildman–Crippen LogP) is 3.15. The molecule has 0 saturated heterocycles. The molecule has 0 fully saturated rings. The van der Waals surface area contributed by atoms with E-state index < -0.39 is 11.5 Å². The fourth-order valence-electron chi connectivity index (χ4n) is 2.19. The Morgan fingerprint density at radius 3 is 3.00 bits per heavy atom. The first kappa shape index (κ1) is 16.9. The summed E-state index contributed by atoms with van der Waals surface area (Å²) in [5.74, 6) is 0.252. The van der Waals surface area contributed by atoms with E-state index in [2.05, 4.69) is 26.6 Å². The van der Waals surface area contributed by atoms with E-state index in [4.69, 9.17) is 0 Å². The lowest BCUT2D eigenvalue weighted by atomic mass is 10.3. The van der Waals surface area contributed by atoms with Crippen molar-refractivity contribution in [2.45, 2.75) is 10.1 Å². The number of thioether (sulfide) groups is 1. The van der Waals surface area contributed by atoms with Gasteiger partial charge >= 0.3 is 0 Å². The van der Waals surface area contributed by atoms with Gasteiger partial charge in [0.15, 0.2) is 4.34 Å². The molecule has 0 aliphatic carbocycles. The van der Waals surface area contributed by atoms with Crippen molar-refractivity contribution in [2.24, 2.45) is 0 Å². The smallest absolute Gasteiger partial charge is 0.270 e. The molecule has 0 bridgehead atoms. The van der Waals surface area contributed by atoms with Crippen molar-refractivity contribution in [1.82, 2.24) is 19.6 Å². The predicted molar refractivity (Wildman–Crippen MR) is 103 cm³/mol. The first-order chi connectivity index (χ1) is 12.7. The second-order valence-electron chi connectivity index (χ2n) is 5.10. The van der Waals surface area contributed by atoms with Crippen LogP contribution in [0.3, 0.4) is 0 Å². The number of fused-ring (bicyclic) bond motifs is 1. The lowest BCUT2D eigenvalue weighted by Crippen LogP contribution is -2.26. The number of hydrogen-bond donors (Lipinski definition) is 1. The van der Waals surface area contributed by atoms with Gasteiger partial charge in [0.2, 0.25) is 5.13 Å². The first-order valence-corrected chi connectivity index (χ1v) is 10.2. The van der Waals surface area contributed by atoms with E-state index in [1.54, 1.807) is 47.5 Å². The molecule has 1 amide bonds. The minimum Gasteiger partial charge on any atom is -0.296 e. The van der Waals surface area contributed by atoms with E-state index in [0.717, 1.165) is 10.1 Å². The number of amides is 1. The van der Waals surface area contributed by atoms with E-state index >= 15 is 0 Å². The van der Waals surface area contributed by atoms with Crippen molar-refractivity contribution in [1.29, 1.82) is 0 Å². The molecule has 0 atom stereocenters. The number of anilines is 1. The third-order valence-electron chi connectivity index (χ3n) is 3.40. The van der Waals surface area contributed by atoms with Gasteiger partial charge in [-0.05, 0) is 23.6 Å². The Kier molecular flexibility index (Phi) is 4.78. The minimum absolute atomic E-state index is 0.0447. The topological polar surface area (TPSA) is 89.2 Å². The number of carbonyl (C=O) groups excluding carboxylic acids is 1. The molecule has 0 spiro atoms. The number of rotatable bonds is 5. The van der Waals surface area contributed by atoms with E-state index in [1.165, 1.54) is 26.8 Å². The molecule has 0 aliphatic rings. The number of aromatic nitrogens is 4. The summed E-state index contributed by atoms with van der Waals surface area (Å²) in [6.45, 7) is 0. The van der Waals surface area contributed by atoms with Gasteiger partial charge in [-0.1, -0.05) is 35.2 Å². The molecule has 4 rings (SSSR count). The summed E-state index contributed by atoms with van der Waals surface area (Å²) in [6, 6.07) is 9.24. The maximum Gasteiger partial charge on any atom is 0.270 e. The zero-order valence-corrected chi connectivity index (χ0v) is 15.6. The van der Waals surface area contributed by atoms with Crippen LogP contribution in [0.1, 0.15) is 15.2 Å². The first-order valence-electron chi connectivity index (χ1n) is 7.47. The number of pyridine rings is 1. The van der Waals surface area contributed by atoms with Crippen LogP contribution in [0.15, 0.2) is 57.2 Å². The van der Waals surface area contributed by atoms with Crippen LogP contribution in [0.4, 0.5) is 5.13 Å². The van der Waals surface area contributed by atoms with Gasteiger partial charge in [-0.3, -0.25) is 19.3 Å². The maximum atomic E-state index is 12.4. The van der Waals surface area contributed by atoms with Crippen molar-refractivity contribution in [2.75, 3.05) is 5.32 Å². The molecule has 0 aromatic carbocycles. The summed E-state index contributed by atoms with van der Waals surface area (Å²) in [5.41, 5.74) is 0.0128. The highest BCUT2D eigenvalue weighted by atomic mass is 32.2. The van der Waals surface area contributed by atoms with E-state index in [0.29, 0.717) is 10.8 Å². The molecule has 1 N–H and O–H groups in total. The van der Waals surface area contributed by atoms with Crippen LogP contribution in [0.2, 0.25) is 0 Å². The van der Waals surface area contributed by atoms with Gasteiger partial charge in [-0.25, -0.2) is 4.98 Å². The maximum absolute atomic E-state index is 12.4. The van der Waals surface area contributed by atoms with Crippen LogP contribution >= 0.6 is 34.4 Å². The second kappa shape index (κ2) is 7.36. The lowest BCUT2D eigenvalue weighted by molar-refractivity contribution is 0.102. The van der Waals surface area contributed by atoms with E-state index in [9.17, 15) is 9.59 Å². The second-order valence-corrected chi connectivity index (χ2v) is 8.33. The average molecular weight is 401 g/mol. The quantitative estimate of drug-likeness (QED) is 0.408. The summed E-state index contributed by atoms with van der Waals surface area (Å²) in [5, 5.41) is 13.0. The van der Waals surface area contributed by atoms with Crippen LogP contribution in [0.25, 0.3) is 5.65 Å². The fourth-order valence-corrected chi connectivity index (χ4v) is 4.71. The number of thiophene rings is 1. The minimum atomic E-state index is -0.549. The number of nitrogens with zero attached hydrogens (tertiary/aromatic N) is 4. The Morgan fingerprint density at radius 2 is 2.15 bits per heavy atom. The van der Waals surface area contributed by atoms with Gasteiger partial charge < -0.3 is 0 Å².